The van der Waals surface area contributed by atoms with Crippen LogP contribution in [-0.4, -0.2) is 29.0 Å². The second-order valence-corrected chi connectivity index (χ2v) is 5.97. The van der Waals surface area contributed by atoms with Crippen LogP contribution >= 0.6 is 0 Å². The molecule has 1 aliphatic heterocycles. The van der Waals surface area contributed by atoms with Crippen LogP contribution in [0.3, 0.4) is 0 Å². The van der Waals surface area contributed by atoms with Gasteiger partial charge in [0.1, 0.15) is 11.6 Å². The van der Waals surface area contributed by atoms with Crippen LogP contribution in [0.15, 0.2) is 18.2 Å². The lowest BCUT2D eigenvalue weighted by Crippen LogP contribution is -2.32. The number of hydrogen-bond donors (Lipinski definition) is 1. The molecule has 0 saturated carbocycles. The van der Waals surface area contributed by atoms with Gasteiger partial charge in [-0.1, -0.05) is 13.8 Å². The van der Waals surface area contributed by atoms with Gasteiger partial charge in [-0.15, -0.1) is 0 Å². The van der Waals surface area contributed by atoms with Crippen LogP contribution in [0.25, 0.3) is 0 Å². The van der Waals surface area contributed by atoms with Gasteiger partial charge in [-0.25, -0.2) is 4.39 Å². The van der Waals surface area contributed by atoms with Gasteiger partial charge in [-0.05, 0) is 36.8 Å². The van der Waals surface area contributed by atoms with Crippen LogP contribution in [0.2, 0.25) is 0 Å². The van der Waals surface area contributed by atoms with E-state index in [9.17, 15) is 14.3 Å². The highest BCUT2D eigenvalue weighted by Gasteiger charge is 2.26. The molecule has 104 valence electrons. The average Bonchev–Trinajstić information content (AvgIpc) is 2.49. The van der Waals surface area contributed by atoms with E-state index >= 15 is 0 Å². The molecule has 1 aromatic rings. The highest BCUT2D eigenvalue weighted by molar-refractivity contribution is 5.96. The maximum absolute atomic E-state index is 12.9. The molecular formula is C15H20FNO2. The highest BCUT2D eigenvalue weighted by atomic mass is 19.1. The molecule has 19 heavy (non-hydrogen) atoms. The van der Waals surface area contributed by atoms with Crippen LogP contribution in [0, 0.1) is 11.2 Å². The van der Waals surface area contributed by atoms with Crippen LogP contribution < -0.4 is 0 Å². The minimum Gasteiger partial charge on any atom is -0.507 e. The molecule has 0 unspecified atom stereocenters. The number of likely N-dealkylation sites (tertiary alicyclic amines) is 1. The molecule has 2 rings (SSSR count). The molecule has 0 aromatic heterocycles. The molecule has 1 amide bonds. The Morgan fingerprint density at radius 1 is 1.32 bits per heavy atom. The molecular weight excluding hydrogens is 245 g/mol. The summed E-state index contributed by atoms with van der Waals surface area (Å²) >= 11 is 0. The zero-order chi connectivity index (χ0) is 14.0. The maximum Gasteiger partial charge on any atom is 0.257 e. The molecule has 0 spiro atoms. The number of phenols is 1. The number of nitrogens with zero attached hydrogens (tertiary/aromatic N) is 1. The summed E-state index contributed by atoms with van der Waals surface area (Å²) in [5.41, 5.74) is 0.431. The van der Waals surface area contributed by atoms with E-state index in [1.807, 2.05) is 0 Å². The normalized spacial score (nSPS) is 19.0. The minimum atomic E-state index is -0.536. The SMILES string of the molecule is CC1(C)CCCN(C(=O)c2ccc(F)cc2O)CC1. The predicted molar refractivity (Wildman–Crippen MR) is 71.6 cm³/mol. The Hall–Kier alpha value is -1.58. The van der Waals surface area contributed by atoms with Gasteiger partial charge in [0.15, 0.2) is 0 Å². The van der Waals surface area contributed by atoms with Crippen molar-refractivity contribution in [3.05, 3.63) is 29.6 Å². The molecule has 3 nitrogen and oxygen atoms in total. The summed E-state index contributed by atoms with van der Waals surface area (Å²) < 4.78 is 12.9. The summed E-state index contributed by atoms with van der Waals surface area (Å²) in [5, 5.41) is 9.68. The number of hydrogen-bond acceptors (Lipinski definition) is 2. The quantitative estimate of drug-likeness (QED) is 0.847. The molecule has 1 aliphatic rings. The lowest BCUT2D eigenvalue weighted by Gasteiger charge is -2.23. The van der Waals surface area contributed by atoms with Gasteiger partial charge in [0, 0.05) is 19.2 Å². The van der Waals surface area contributed by atoms with Gasteiger partial charge < -0.3 is 10.0 Å². The molecule has 1 heterocycles. The number of amides is 1. The van der Waals surface area contributed by atoms with Gasteiger partial charge in [0.2, 0.25) is 0 Å². The van der Waals surface area contributed by atoms with E-state index in [1.165, 1.54) is 12.1 Å². The van der Waals surface area contributed by atoms with E-state index < -0.39 is 5.82 Å². The van der Waals surface area contributed by atoms with Crippen LogP contribution in [0.1, 0.15) is 43.5 Å². The Bertz CT molecular complexity index is 485. The maximum atomic E-state index is 12.9. The number of rotatable bonds is 1. The Kier molecular flexibility index (Phi) is 3.78. The smallest absolute Gasteiger partial charge is 0.257 e. The lowest BCUT2D eigenvalue weighted by atomic mass is 9.85. The van der Waals surface area contributed by atoms with E-state index in [2.05, 4.69) is 13.8 Å². The van der Waals surface area contributed by atoms with Gasteiger partial charge in [0.25, 0.3) is 5.91 Å². The van der Waals surface area contributed by atoms with E-state index in [4.69, 9.17) is 0 Å². The zero-order valence-electron chi connectivity index (χ0n) is 11.4. The van der Waals surface area contributed by atoms with Crippen molar-refractivity contribution in [3.63, 3.8) is 0 Å². The summed E-state index contributed by atoms with van der Waals surface area (Å²) in [6.45, 7) is 5.79. The number of aromatic hydroxyl groups is 1. The second-order valence-electron chi connectivity index (χ2n) is 5.97. The summed E-state index contributed by atoms with van der Waals surface area (Å²) in [6, 6.07) is 3.53. The van der Waals surface area contributed by atoms with Gasteiger partial charge in [-0.2, -0.15) is 0 Å². The summed E-state index contributed by atoms with van der Waals surface area (Å²) in [4.78, 5) is 14.1. The highest BCUT2D eigenvalue weighted by Crippen LogP contribution is 2.31. The molecule has 0 atom stereocenters. The van der Waals surface area contributed by atoms with Crippen LogP contribution in [0.4, 0.5) is 4.39 Å². The Labute approximate surface area is 113 Å². The number of halogens is 1. The second kappa shape index (κ2) is 5.19. The molecule has 0 radical (unpaired) electrons. The summed E-state index contributed by atoms with van der Waals surface area (Å²) in [7, 11) is 0. The Balaban J connectivity index is 2.15. The molecule has 1 N–H and O–H groups in total. The fourth-order valence-electron chi connectivity index (χ4n) is 2.48. The molecule has 1 aromatic carbocycles. The molecule has 0 aliphatic carbocycles. The van der Waals surface area contributed by atoms with Gasteiger partial charge in [-0.3, -0.25) is 4.79 Å². The summed E-state index contributed by atoms with van der Waals surface area (Å²) in [5.74, 6) is -1.03. The average molecular weight is 265 g/mol. The number of carbonyl (C=O) groups excluding carboxylic acids is 1. The first kappa shape index (κ1) is 13.8. The van der Waals surface area contributed by atoms with Crippen molar-refractivity contribution in [2.75, 3.05) is 13.1 Å². The van der Waals surface area contributed by atoms with Gasteiger partial charge >= 0.3 is 0 Å². The van der Waals surface area contributed by atoms with E-state index in [-0.39, 0.29) is 22.6 Å². The first-order valence-electron chi connectivity index (χ1n) is 6.67. The molecule has 1 saturated heterocycles. The number of carbonyl (C=O) groups is 1. The van der Waals surface area contributed by atoms with Crippen molar-refractivity contribution in [3.8, 4) is 5.75 Å². The van der Waals surface area contributed by atoms with Crippen molar-refractivity contribution < 1.29 is 14.3 Å². The fourth-order valence-corrected chi connectivity index (χ4v) is 2.48. The fraction of sp³-hybridized carbons (Fsp3) is 0.533. The first-order chi connectivity index (χ1) is 8.89. The first-order valence-corrected chi connectivity index (χ1v) is 6.67. The molecule has 1 fully saturated rings. The van der Waals surface area contributed by atoms with Crippen molar-refractivity contribution in [1.29, 1.82) is 0 Å². The van der Waals surface area contributed by atoms with E-state index in [0.29, 0.717) is 13.1 Å². The number of benzene rings is 1. The standard InChI is InChI=1S/C15H20FNO2/c1-15(2)6-3-8-17(9-7-15)14(19)12-5-4-11(16)10-13(12)18/h4-5,10,18H,3,6-9H2,1-2H3. The minimum absolute atomic E-state index is 0.182. The lowest BCUT2D eigenvalue weighted by molar-refractivity contribution is 0.0754. The van der Waals surface area contributed by atoms with Crippen molar-refractivity contribution >= 4 is 5.91 Å². The Morgan fingerprint density at radius 2 is 2.05 bits per heavy atom. The largest absolute Gasteiger partial charge is 0.507 e. The molecule has 4 heteroatoms. The monoisotopic (exact) mass is 265 g/mol. The third-order valence-corrected chi connectivity index (χ3v) is 3.82. The van der Waals surface area contributed by atoms with Crippen molar-refractivity contribution in [2.24, 2.45) is 5.41 Å². The predicted octanol–water partition coefficient (Wildman–Crippen LogP) is 3.18. The topological polar surface area (TPSA) is 40.5 Å². The van der Waals surface area contributed by atoms with Crippen molar-refractivity contribution in [2.45, 2.75) is 33.1 Å². The summed E-state index contributed by atoms with van der Waals surface area (Å²) in [6.07, 6.45) is 2.99. The Morgan fingerprint density at radius 3 is 2.74 bits per heavy atom. The van der Waals surface area contributed by atoms with Crippen molar-refractivity contribution in [1.82, 2.24) is 4.90 Å². The third kappa shape index (κ3) is 3.25. The van der Waals surface area contributed by atoms with Crippen LogP contribution in [0.5, 0.6) is 5.75 Å². The van der Waals surface area contributed by atoms with E-state index in [1.54, 1.807) is 4.90 Å². The number of phenolic OH excluding ortho intramolecular Hbond substituents is 1. The molecule has 0 bridgehead atoms. The van der Waals surface area contributed by atoms with Crippen LogP contribution in [-0.2, 0) is 0 Å². The zero-order valence-corrected chi connectivity index (χ0v) is 11.4. The van der Waals surface area contributed by atoms with E-state index in [0.717, 1.165) is 25.3 Å². The third-order valence-electron chi connectivity index (χ3n) is 3.82. The van der Waals surface area contributed by atoms with Gasteiger partial charge in [0.05, 0.1) is 5.56 Å².